The van der Waals surface area contributed by atoms with Gasteiger partial charge in [-0.1, -0.05) is 36.4 Å². The quantitative estimate of drug-likeness (QED) is 0.691. The fourth-order valence-corrected chi connectivity index (χ4v) is 4.49. The lowest BCUT2D eigenvalue weighted by Crippen LogP contribution is -2.37. The average molecular weight is 406 g/mol. The monoisotopic (exact) mass is 405 g/mol. The molecule has 0 radical (unpaired) electrons. The van der Waals surface area contributed by atoms with Gasteiger partial charge in [0.1, 0.15) is 0 Å². The van der Waals surface area contributed by atoms with E-state index in [0.717, 1.165) is 64.3 Å². The van der Waals surface area contributed by atoms with Crippen molar-refractivity contribution >= 4 is 5.91 Å². The molecule has 2 aliphatic heterocycles. The van der Waals surface area contributed by atoms with Gasteiger partial charge in [0, 0.05) is 50.7 Å². The van der Waals surface area contributed by atoms with Crippen LogP contribution in [0, 0.1) is 5.92 Å². The van der Waals surface area contributed by atoms with Gasteiger partial charge in [-0.3, -0.25) is 14.7 Å². The first-order valence-corrected chi connectivity index (χ1v) is 11.0. The van der Waals surface area contributed by atoms with E-state index in [1.165, 1.54) is 16.7 Å². The lowest BCUT2D eigenvalue weighted by molar-refractivity contribution is -0.134. The lowest BCUT2D eigenvalue weighted by Gasteiger charge is -2.26. The van der Waals surface area contributed by atoms with Gasteiger partial charge in [0.15, 0.2) is 0 Å². The highest BCUT2D eigenvalue weighted by Gasteiger charge is 2.30. The molecule has 5 nitrogen and oxygen atoms in total. The molecule has 0 unspecified atom stereocenters. The second kappa shape index (κ2) is 10.0. The zero-order valence-corrected chi connectivity index (χ0v) is 17.8. The Morgan fingerprint density at radius 1 is 1.17 bits per heavy atom. The molecule has 3 heterocycles. The van der Waals surface area contributed by atoms with Crippen molar-refractivity contribution in [3.05, 3.63) is 66.0 Å². The summed E-state index contributed by atoms with van der Waals surface area (Å²) < 4.78 is 5.63. The molecule has 2 aromatic rings. The van der Waals surface area contributed by atoms with E-state index in [2.05, 4.69) is 53.2 Å². The Labute approximate surface area is 179 Å². The molecule has 1 atom stereocenters. The molecule has 158 valence electrons. The van der Waals surface area contributed by atoms with Crippen LogP contribution in [0.15, 0.2) is 60.4 Å². The van der Waals surface area contributed by atoms with E-state index in [1.807, 2.05) is 17.2 Å². The second-order valence-electron chi connectivity index (χ2n) is 8.16. The molecule has 1 aromatic heterocycles. The average Bonchev–Trinajstić information content (AvgIpc) is 2.94. The van der Waals surface area contributed by atoms with E-state index in [9.17, 15) is 4.79 Å². The van der Waals surface area contributed by atoms with Gasteiger partial charge >= 0.3 is 0 Å². The molecule has 30 heavy (non-hydrogen) atoms. The Bertz CT molecular complexity index is 881. The van der Waals surface area contributed by atoms with Crippen LogP contribution in [0.4, 0.5) is 0 Å². The molecule has 1 saturated heterocycles. The highest BCUT2D eigenvalue weighted by atomic mass is 16.5. The number of carbonyl (C=O) groups excluding carboxylic acids is 1. The summed E-state index contributed by atoms with van der Waals surface area (Å²) in [4.78, 5) is 22.0. The van der Waals surface area contributed by atoms with Gasteiger partial charge < -0.3 is 9.64 Å². The minimum Gasteiger partial charge on any atom is -0.377 e. The van der Waals surface area contributed by atoms with Crippen molar-refractivity contribution in [1.82, 2.24) is 14.8 Å². The number of aromatic nitrogens is 1. The summed E-state index contributed by atoms with van der Waals surface area (Å²) in [5, 5.41) is 0. The van der Waals surface area contributed by atoms with Crippen LogP contribution in [0.5, 0.6) is 0 Å². The Kier molecular flexibility index (Phi) is 6.92. The summed E-state index contributed by atoms with van der Waals surface area (Å²) in [6, 6.07) is 12.5. The number of benzene rings is 1. The first-order chi connectivity index (χ1) is 14.7. The molecule has 0 N–H and O–H groups in total. The van der Waals surface area contributed by atoms with Crippen LogP contribution >= 0.6 is 0 Å². The predicted molar refractivity (Wildman–Crippen MR) is 119 cm³/mol. The SMILES string of the molecule is CCN1CCN(CC2=CCCOC2)C[C@H](Cc2ccccc2-c2cccnc2)C1=O. The highest BCUT2D eigenvalue weighted by Crippen LogP contribution is 2.27. The van der Waals surface area contributed by atoms with Crippen LogP contribution in [0.1, 0.15) is 18.9 Å². The maximum absolute atomic E-state index is 13.3. The predicted octanol–water partition coefficient (Wildman–Crippen LogP) is 3.42. The largest absolute Gasteiger partial charge is 0.377 e. The van der Waals surface area contributed by atoms with Crippen LogP contribution in [-0.2, 0) is 16.0 Å². The number of rotatable bonds is 6. The Morgan fingerprint density at radius 2 is 2.07 bits per heavy atom. The van der Waals surface area contributed by atoms with Crippen LogP contribution in [0.3, 0.4) is 0 Å². The molecule has 0 bridgehead atoms. The summed E-state index contributed by atoms with van der Waals surface area (Å²) >= 11 is 0. The van der Waals surface area contributed by atoms with Crippen molar-refractivity contribution in [3.63, 3.8) is 0 Å². The summed E-state index contributed by atoms with van der Waals surface area (Å²) in [6.07, 6.45) is 7.73. The Morgan fingerprint density at radius 3 is 2.83 bits per heavy atom. The van der Waals surface area contributed by atoms with E-state index in [0.29, 0.717) is 0 Å². The number of nitrogens with zero attached hydrogens (tertiary/aromatic N) is 3. The number of amides is 1. The zero-order chi connectivity index (χ0) is 20.8. The normalized spacial score (nSPS) is 20.7. The van der Waals surface area contributed by atoms with Crippen LogP contribution in [0.2, 0.25) is 0 Å². The number of hydrogen-bond acceptors (Lipinski definition) is 4. The Hall–Kier alpha value is -2.50. The van der Waals surface area contributed by atoms with E-state index in [-0.39, 0.29) is 11.8 Å². The van der Waals surface area contributed by atoms with Crippen molar-refractivity contribution in [2.45, 2.75) is 19.8 Å². The molecule has 0 saturated carbocycles. The third-order valence-electron chi connectivity index (χ3n) is 6.07. The second-order valence-corrected chi connectivity index (χ2v) is 8.16. The van der Waals surface area contributed by atoms with E-state index >= 15 is 0 Å². The van der Waals surface area contributed by atoms with Gasteiger partial charge in [-0.05, 0) is 42.5 Å². The minimum atomic E-state index is -0.0459. The third-order valence-corrected chi connectivity index (χ3v) is 6.07. The number of hydrogen-bond donors (Lipinski definition) is 0. The molecule has 2 aliphatic rings. The highest BCUT2D eigenvalue weighted by molar-refractivity contribution is 5.80. The van der Waals surface area contributed by atoms with Gasteiger partial charge in [-0.2, -0.15) is 0 Å². The van der Waals surface area contributed by atoms with Gasteiger partial charge in [0.25, 0.3) is 0 Å². The molecular formula is C25H31N3O2. The van der Waals surface area contributed by atoms with Crippen LogP contribution in [0.25, 0.3) is 11.1 Å². The number of likely N-dealkylation sites (N-methyl/N-ethyl adjacent to an activating group) is 1. The lowest BCUT2D eigenvalue weighted by atomic mass is 9.91. The van der Waals surface area contributed by atoms with Gasteiger partial charge in [-0.25, -0.2) is 0 Å². The summed E-state index contributed by atoms with van der Waals surface area (Å²) in [7, 11) is 0. The van der Waals surface area contributed by atoms with Gasteiger partial charge in [0.2, 0.25) is 5.91 Å². The molecule has 1 fully saturated rings. The number of pyridine rings is 1. The maximum Gasteiger partial charge on any atom is 0.227 e. The van der Waals surface area contributed by atoms with E-state index < -0.39 is 0 Å². The third kappa shape index (κ3) is 4.97. The summed E-state index contributed by atoms with van der Waals surface area (Å²) in [6.45, 7) is 7.77. The van der Waals surface area contributed by atoms with Crippen LogP contribution in [-0.4, -0.2) is 66.6 Å². The van der Waals surface area contributed by atoms with Crippen LogP contribution < -0.4 is 0 Å². The first-order valence-electron chi connectivity index (χ1n) is 11.0. The zero-order valence-electron chi connectivity index (χ0n) is 17.8. The molecule has 0 aliphatic carbocycles. The van der Waals surface area contributed by atoms with Crippen molar-refractivity contribution in [2.75, 3.05) is 45.9 Å². The van der Waals surface area contributed by atoms with Gasteiger partial charge in [-0.15, -0.1) is 0 Å². The molecular weight excluding hydrogens is 374 g/mol. The van der Waals surface area contributed by atoms with Crippen molar-refractivity contribution in [1.29, 1.82) is 0 Å². The summed E-state index contributed by atoms with van der Waals surface area (Å²) in [5.41, 5.74) is 4.82. The molecule has 4 rings (SSSR count). The standard InChI is InChI=1S/C25H31N3O2/c1-2-28-13-12-27(17-20-7-6-14-30-19-20)18-23(25(28)29)15-21-8-3-4-10-24(21)22-9-5-11-26-16-22/h3-5,7-11,16,23H,2,6,12-15,17-19H2,1H3/t23-/m0/s1. The topological polar surface area (TPSA) is 45.7 Å². The van der Waals surface area contributed by atoms with E-state index in [4.69, 9.17) is 4.74 Å². The molecule has 5 heteroatoms. The minimum absolute atomic E-state index is 0.0459. The first kappa shape index (κ1) is 20.8. The molecule has 1 aromatic carbocycles. The van der Waals surface area contributed by atoms with Crippen molar-refractivity contribution in [3.8, 4) is 11.1 Å². The number of ether oxygens (including phenoxy) is 1. The fraction of sp³-hybridized carbons (Fsp3) is 0.440. The Balaban J connectivity index is 1.56. The van der Waals surface area contributed by atoms with Crippen molar-refractivity contribution in [2.24, 2.45) is 5.92 Å². The van der Waals surface area contributed by atoms with E-state index in [1.54, 1.807) is 6.20 Å². The van der Waals surface area contributed by atoms with Gasteiger partial charge in [0.05, 0.1) is 19.1 Å². The smallest absolute Gasteiger partial charge is 0.227 e. The molecule has 1 amide bonds. The van der Waals surface area contributed by atoms with Crippen molar-refractivity contribution < 1.29 is 9.53 Å². The summed E-state index contributed by atoms with van der Waals surface area (Å²) in [5.74, 6) is 0.227. The fourth-order valence-electron chi connectivity index (χ4n) is 4.49. The number of carbonyl (C=O) groups is 1. The molecule has 0 spiro atoms. The maximum atomic E-state index is 13.3.